The third kappa shape index (κ3) is 5.47. The van der Waals surface area contributed by atoms with E-state index < -0.39 is 5.97 Å². The van der Waals surface area contributed by atoms with Crippen LogP contribution in [0, 0.1) is 0 Å². The van der Waals surface area contributed by atoms with Crippen LogP contribution in [0.25, 0.3) is 90.9 Å². The van der Waals surface area contributed by atoms with Crippen molar-refractivity contribution >= 4 is 58.0 Å². The molecule has 0 radical (unpaired) electrons. The number of fused-ring (bicyclic) bond motifs is 8. The smallest absolute Gasteiger partial charge is 0.335 e. The summed E-state index contributed by atoms with van der Waals surface area (Å²) in [5.41, 5.74) is 21.3. The number of nitrogens with two attached hydrogens (primary N) is 1. The highest BCUT2D eigenvalue weighted by Gasteiger charge is 2.19. The van der Waals surface area contributed by atoms with E-state index in [4.69, 9.17) is 15.7 Å². The van der Waals surface area contributed by atoms with Gasteiger partial charge in [0.15, 0.2) is 0 Å². The third-order valence-electron chi connectivity index (χ3n) is 9.50. The SMILES string of the molecule is Nc1ccc(-c2c3nc(c(-c4ccccc4)c4ccc([nH]4)c(-c4ccc(C(=O)O)cc4)c4nc(c(-c5ccccc5)c5ccc2[nH]5)C=C4)C=C3)cc1. The number of rotatable bonds is 5. The lowest BCUT2D eigenvalue weighted by molar-refractivity contribution is 0.0697. The zero-order valence-electron chi connectivity index (χ0n) is 27.8. The molecule has 0 aliphatic carbocycles. The number of hydrogen-bond donors (Lipinski definition) is 4. The van der Waals surface area contributed by atoms with E-state index in [9.17, 15) is 9.90 Å². The van der Waals surface area contributed by atoms with Gasteiger partial charge < -0.3 is 20.8 Å². The fraction of sp³-hybridized carbons (Fsp3) is 0. The van der Waals surface area contributed by atoms with Crippen LogP contribution in [0.15, 0.2) is 133 Å². The predicted molar refractivity (Wildman–Crippen MR) is 212 cm³/mol. The number of nitrogens with zero attached hydrogens (tertiary/aromatic N) is 2. The number of carbonyl (C=O) groups is 1. The topological polar surface area (TPSA) is 121 Å². The van der Waals surface area contributed by atoms with E-state index in [0.29, 0.717) is 5.69 Å². The van der Waals surface area contributed by atoms with Crippen molar-refractivity contribution in [3.63, 3.8) is 0 Å². The average molecular weight is 674 g/mol. The van der Waals surface area contributed by atoms with Crippen LogP contribution in [0.4, 0.5) is 5.69 Å². The van der Waals surface area contributed by atoms with Gasteiger partial charge in [-0.3, -0.25) is 0 Å². The zero-order chi connectivity index (χ0) is 35.2. The number of anilines is 1. The van der Waals surface area contributed by atoms with Gasteiger partial charge in [0.05, 0.1) is 28.3 Å². The summed E-state index contributed by atoms with van der Waals surface area (Å²) in [6.07, 6.45) is 8.21. The van der Waals surface area contributed by atoms with Crippen LogP contribution in [-0.2, 0) is 0 Å². The maximum absolute atomic E-state index is 11.8. The molecule has 3 aromatic heterocycles. The van der Waals surface area contributed by atoms with Gasteiger partial charge in [0.25, 0.3) is 0 Å². The van der Waals surface area contributed by atoms with Gasteiger partial charge in [0, 0.05) is 50.0 Å². The van der Waals surface area contributed by atoms with E-state index in [2.05, 4.69) is 70.7 Å². The first kappa shape index (κ1) is 30.8. The second kappa shape index (κ2) is 12.6. The molecule has 0 saturated carbocycles. The molecule has 9 rings (SSSR count). The van der Waals surface area contributed by atoms with Crippen LogP contribution in [0.2, 0.25) is 0 Å². The van der Waals surface area contributed by atoms with Crippen molar-refractivity contribution in [3.8, 4) is 44.5 Å². The summed E-state index contributed by atoms with van der Waals surface area (Å²) in [4.78, 5) is 29.8. The van der Waals surface area contributed by atoms with Crippen LogP contribution >= 0.6 is 0 Å². The minimum absolute atomic E-state index is 0.219. The number of carboxylic acid groups (broad SMARTS) is 1. The Bertz CT molecular complexity index is 2700. The van der Waals surface area contributed by atoms with Crippen molar-refractivity contribution in [1.82, 2.24) is 19.9 Å². The summed E-state index contributed by atoms with van der Waals surface area (Å²) in [6.45, 7) is 0. The molecule has 0 atom stereocenters. The Morgan fingerprint density at radius 2 is 0.769 bits per heavy atom. The lowest BCUT2D eigenvalue weighted by atomic mass is 10.0. The lowest BCUT2D eigenvalue weighted by Gasteiger charge is -2.07. The molecule has 5 N–H and O–H groups in total. The van der Waals surface area contributed by atoms with Crippen molar-refractivity contribution in [2.24, 2.45) is 0 Å². The number of benzene rings is 4. The summed E-state index contributed by atoms with van der Waals surface area (Å²) < 4.78 is 0. The molecule has 0 unspecified atom stereocenters. The first-order chi connectivity index (χ1) is 25.5. The van der Waals surface area contributed by atoms with Crippen molar-refractivity contribution in [2.45, 2.75) is 0 Å². The minimum Gasteiger partial charge on any atom is -0.478 e. The van der Waals surface area contributed by atoms with Crippen LogP contribution in [0.5, 0.6) is 0 Å². The van der Waals surface area contributed by atoms with Crippen molar-refractivity contribution < 1.29 is 9.90 Å². The standard InChI is InChI=1S/C45H31N5O2/c46-32-17-15-30(16-18-32)44-39-25-21-35(49-39)41(27-7-3-1-4-8-27)33-19-23-37(47-33)43(29-11-13-31(14-12-29)45(51)52)38-24-20-34(48-38)42(28-9-5-2-6-10-28)36-22-26-40(44)50-36/h1-26,47,50H,46H2,(H,51,52). The third-order valence-corrected chi connectivity index (χ3v) is 9.50. The Balaban J connectivity index is 1.46. The molecule has 4 aromatic carbocycles. The van der Waals surface area contributed by atoms with Gasteiger partial charge in [-0.2, -0.15) is 0 Å². The molecular weight excluding hydrogens is 643 g/mol. The predicted octanol–water partition coefficient (Wildman–Crippen LogP) is 10.6. The number of carboxylic acids is 1. The fourth-order valence-corrected chi connectivity index (χ4v) is 7.06. The van der Waals surface area contributed by atoms with Crippen LogP contribution in [0.1, 0.15) is 33.1 Å². The fourth-order valence-electron chi connectivity index (χ4n) is 7.06. The Morgan fingerprint density at radius 3 is 1.12 bits per heavy atom. The molecule has 248 valence electrons. The van der Waals surface area contributed by atoms with Crippen LogP contribution in [-0.4, -0.2) is 31.0 Å². The van der Waals surface area contributed by atoms with Gasteiger partial charge in [0.1, 0.15) is 0 Å². The highest BCUT2D eigenvalue weighted by atomic mass is 16.4. The highest BCUT2D eigenvalue weighted by molar-refractivity contribution is 6.00. The maximum atomic E-state index is 11.8. The van der Waals surface area contributed by atoms with Crippen LogP contribution < -0.4 is 5.73 Å². The molecule has 0 spiro atoms. The number of nitrogen functional groups attached to an aromatic ring is 1. The molecule has 5 heterocycles. The van der Waals surface area contributed by atoms with Crippen LogP contribution in [0.3, 0.4) is 0 Å². The normalized spacial score (nSPS) is 11.9. The molecule has 2 aliphatic rings. The number of aromatic carboxylic acids is 1. The van der Waals surface area contributed by atoms with Crippen molar-refractivity contribution in [2.75, 3.05) is 5.73 Å². The van der Waals surface area contributed by atoms with Crippen molar-refractivity contribution in [1.29, 1.82) is 0 Å². The van der Waals surface area contributed by atoms with E-state index in [1.807, 2.05) is 84.9 Å². The zero-order valence-corrected chi connectivity index (χ0v) is 27.8. The first-order valence-corrected chi connectivity index (χ1v) is 17.0. The molecule has 2 aliphatic heterocycles. The molecule has 8 bridgehead atoms. The number of hydrogen-bond acceptors (Lipinski definition) is 4. The molecule has 0 saturated heterocycles. The minimum atomic E-state index is -0.974. The van der Waals surface area contributed by atoms with Crippen molar-refractivity contribution in [3.05, 3.63) is 162 Å². The summed E-state index contributed by atoms with van der Waals surface area (Å²) in [6, 6.07) is 43.6. The molecule has 0 fully saturated rings. The first-order valence-electron chi connectivity index (χ1n) is 17.0. The number of H-pyrrole nitrogens is 2. The second-order valence-electron chi connectivity index (χ2n) is 12.7. The molecule has 52 heavy (non-hydrogen) atoms. The lowest BCUT2D eigenvalue weighted by Crippen LogP contribution is -1.95. The molecule has 0 amide bonds. The number of aromatic nitrogens is 4. The van der Waals surface area contributed by atoms with E-state index in [1.165, 1.54) is 0 Å². The molecule has 7 aromatic rings. The van der Waals surface area contributed by atoms with Gasteiger partial charge in [-0.05, 0) is 95.1 Å². The largest absolute Gasteiger partial charge is 0.478 e. The van der Waals surface area contributed by atoms with Gasteiger partial charge >= 0.3 is 5.97 Å². The van der Waals surface area contributed by atoms with Gasteiger partial charge in [0.2, 0.25) is 0 Å². The van der Waals surface area contributed by atoms with Gasteiger partial charge in [-0.15, -0.1) is 0 Å². The highest BCUT2D eigenvalue weighted by Crippen LogP contribution is 2.38. The average Bonchev–Trinajstić information content (AvgIpc) is 4.01. The van der Waals surface area contributed by atoms with Gasteiger partial charge in [-0.1, -0.05) is 84.9 Å². The Hall–Kier alpha value is -7.25. The van der Waals surface area contributed by atoms with E-state index in [1.54, 1.807) is 12.1 Å². The summed E-state index contributed by atoms with van der Waals surface area (Å²) >= 11 is 0. The molecule has 7 heteroatoms. The van der Waals surface area contributed by atoms with Gasteiger partial charge in [-0.25, -0.2) is 14.8 Å². The Morgan fingerprint density at radius 1 is 0.442 bits per heavy atom. The monoisotopic (exact) mass is 673 g/mol. The Labute approximate surface area is 299 Å². The molecular formula is C45H31N5O2. The maximum Gasteiger partial charge on any atom is 0.335 e. The Kier molecular flexibility index (Phi) is 7.44. The molecule has 7 nitrogen and oxygen atoms in total. The summed E-state index contributed by atoms with van der Waals surface area (Å²) in [5, 5.41) is 9.64. The number of aromatic amines is 2. The summed E-state index contributed by atoms with van der Waals surface area (Å²) in [7, 11) is 0. The van der Waals surface area contributed by atoms with E-state index in [0.717, 1.165) is 89.4 Å². The number of nitrogens with one attached hydrogen (secondary N) is 2. The quantitative estimate of drug-likeness (QED) is 0.136. The van der Waals surface area contributed by atoms with E-state index in [-0.39, 0.29) is 5.56 Å². The van der Waals surface area contributed by atoms with E-state index >= 15 is 0 Å². The second-order valence-corrected chi connectivity index (χ2v) is 12.7. The summed E-state index contributed by atoms with van der Waals surface area (Å²) in [5.74, 6) is -0.974.